The van der Waals surface area contributed by atoms with E-state index in [9.17, 15) is 0 Å². The highest BCUT2D eigenvalue weighted by atomic mass is 14.6. The van der Waals surface area contributed by atoms with Crippen molar-refractivity contribution in [1.82, 2.24) is 4.98 Å². The zero-order valence-electron chi connectivity index (χ0n) is 8.17. The summed E-state index contributed by atoms with van der Waals surface area (Å²) in [7, 11) is 0. The second-order valence-electron chi connectivity index (χ2n) is 3.26. The lowest BCUT2D eigenvalue weighted by atomic mass is 9.94. The van der Waals surface area contributed by atoms with Crippen molar-refractivity contribution < 1.29 is 0 Å². The van der Waals surface area contributed by atoms with Crippen LogP contribution in [0.4, 0.5) is 0 Å². The number of nitriles is 1. The molecule has 0 saturated carbocycles. The van der Waals surface area contributed by atoms with Gasteiger partial charge in [-0.2, -0.15) is 5.26 Å². The second-order valence-corrected chi connectivity index (χ2v) is 3.26. The SMILES string of the molecule is N#C[C@@H](c1ccccc1)c1cccnc1. The summed E-state index contributed by atoms with van der Waals surface area (Å²) in [5.74, 6) is -0.222. The molecule has 2 nitrogen and oxygen atoms in total. The Morgan fingerprint density at radius 1 is 1.00 bits per heavy atom. The minimum atomic E-state index is -0.222. The molecule has 2 aromatic rings. The molecule has 1 aromatic carbocycles. The van der Waals surface area contributed by atoms with Crippen molar-refractivity contribution >= 4 is 0 Å². The summed E-state index contributed by atoms with van der Waals surface area (Å²) in [6.07, 6.45) is 3.45. The van der Waals surface area contributed by atoms with Gasteiger partial charge >= 0.3 is 0 Å². The van der Waals surface area contributed by atoms with Gasteiger partial charge in [-0.1, -0.05) is 36.4 Å². The Kier molecular flexibility index (Phi) is 2.75. The van der Waals surface area contributed by atoms with Crippen LogP contribution in [-0.4, -0.2) is 4.98 Å². The molecule has 0 aliphatic heterocycles. The molecular weight excluding hydrogens is 184 g/mol. The Morgan fingerprint density at radius 2 is 1.73 bits per heavy atom. The summed E-state index contributed by atoms with van der Waals surface area (Å²) in [5, 5.41) is 9.16. The van der Waals surface area contributed by atoms with E-state index in [0.717, 1.165) is 11.1 Å². The van der Waals surface area contributed by atoms with Gasteiger partial charge in [-0.25, -0.2) is 0 Å². The smallest absolute Gasteiger partial charge is 0.0977 e. The van der Waals surface area contributed by atoms with Gasteiger partial charge in [0.1, 0.15) is 0 Å². The highest BCUT2D eigenvalue weighted by Crippen LogP contribution is 2.22. The fraction of sp³-hybridized carbons (Fsp3) is 0.0769. The Labute approximate surface area is 88.8 Å². The van der Waals surface area contributed by atoms with E-state index < -0.39 is 0 Å². The summed E-state index contributed by atoms with van der Waals surface area (Å²) in [6, 6.07) is 15.8. The highest BCUT2D eigenvalue weighted by Gasteiger charge is 2.11. The molecule has 1 atom stereocenters. The van der Waals surface area contributed by atoms with E-state index >= 15 is 0 Å². The van der Waals surface area contributed by atoms with E-state index in [1.807, 2.05) is 42.5 Å². The largest absolute Gasteiger partial charge is 0.264 e. The van der Waals surface area contributed by atoms with Gasteiger partial charge in [-0.3, -0.25) is 4.98 Å². The van der Waals surface area contributed by atoms with Gasteiger partial charge in [0.25, 0.3) is 0 Å². The van der Waals surface area contributed by atoms with Crippen LogP contribution in [0.15, 0.2) is 54.9 Å². The lowest BCUT2D eigenvalue weighted by molar-refractivity contribution is 1.02. The normalized spacial score (nSPS) is 11.7. The highest BCUT2D eigenvalue weighted by molar-refractivity contribution is 5.36. The zero-order valence-corrected chi connectivity index (χ0v) is 8.17. The van der Waals surface area contributed by atoms with Crippen molar-refractivity contribution in [2.24, 2.45) is 0 Å². The fourth-order valence-electron chi connectivity index (χ4n) is 1.53. The summed E-state index contributed by atoms with van der Waals surface area (Å²) < 4.78 is 0. The predicted molar refractivity (Wildman–Crippen MR) is 58.1 cm³/mol. The summed E-state index contributed by atoms with van der Waals surface area (Å²) in [4.78, 5) is 4.03. The number of hydrogen-bond donors (Lipinski definition) is 0. The Balaban J connectivity index is 2.39. The zero-order chi connectivity index (χ0) is 10.5. The maximum atomic E-state index is 9.16. The molecule has 0 bridgehead atoms. The van der Waals surface area contributed by atoms with Crippen LogP contribution in [0.5, 0.6) is 0 Å². The number of aromatic nitrogens is 1. The van der Waals surface area contributed by atoms with Crippen LogP contribution in [-0.2, 0) is 0 Å². The van der Waals surface area contributed by atoms with Crippen LogP contribution in [0.25, 0.3) is 0 Å². The number of rotatable bonds is 2. The van der Waals surface area contributed by atoms with Crippen LogP contribution < -0.4 is 0 Å². The minimum Gasteiger partial charge on any atom is -0.264 e. The van der Waals surface area contributed by atoms with Crippen molar-refractivity contribution in [2.75, 3.05) is 0 Å². The summed E-state index contributed by atoms with van der Waals surface area (Å²) in [5.41, 5.74) is 1.94. The molecule has 0 aliphatic rings. The average Bonchev–Trinajstić information content (AvgIpc) is 2.33. The number of hydrogen-bond acceptors (Lipinski definition) is 2. The number of nitrogens with zero attached hydrogens (tertiary/aromatic N) is 2. The van der Waals surface area contributed by atoms with Crippen LogP contribution in [0, 0.1) is 11.3 Å². The Bertz CT molecular complexity index is 417. The molecule has 0 saturated heterocycles. The van der Waals surface area contributed by atoms with E-state index in [2.05, 4.69) is 11.1 Å². The molecule has 0 N–H and O–H groups in total. The second kappa shape index (κ2) is 4.39. The molecule has 0 aliphatic carbocycles. The topological polar surface area (TPSA) is 36.7 Å². The van der Waals surface area contributed by atoms with Gasteiger partial charge < -0.3 is 0 Å². The van der Waals surface area contributed by atoms with Crippen LogP contribution in [0.1, 0.15) is 17.0 Å². The van der Waals surface area contributed by atoms with Crippen LogP contribution in [0.2, 0.25) is 0 Å². The fourth-order valence-corrected chi connectivity index (χ4v) is 1.53. The van der Waals surface area contributed by atoms with E-state index in [1.165, 1.54) is 0 Å². The van der Waals surface area contributed by atoms with Crippen LogP contribution in [0.3, 0.4) is 0 Å². The third-order valence-electron chi connectivity index (χ3n) is 2.28. The van der Waals surface area contributed by atoms with Gasteiger partial charge in [0.2, 0.25) is 0 Å². The first kappa shape index (κ1) is 9.42. The molecule has 72 valence electrons. The molecule has 2 heteroatoms. The summed E-state index contributed by atoms with van der Waals surface area (Å²) >= 11 is 0. The van der Waals surface area contributed by atoms with E-state index in [0.29, 0.717) is 0 Å². The predicted octanol–water partition coefficient (Wildman–Crippen LogP) is 2.74. The quantitative estimate of drug-likeness (QED) is 0.737. The van der Waals surface area contributed by atoms with Gasteiger partial charge in [0.15, 0.2) is 0 Å². The van der Waals surface area contributed by atoms with Crippen molar-refractivity contribution in [2.45, 2.75) is 5.92 Å². The maximum Gasteiger partial charge on any atom is 0.0977 e. The van der Waals surface area contributed by atoms with Crippen LogP contribution >= 0.6 is 0 Å². The van der Waals surface area contributed by atoms with Gasteiger partial charge in [-0.05, 0) is 17.2 Å². The third-order valence-corrected chi connectivity index (χ3v) is 2.28. The lowest BCUT2D eigenvalue weighted by Gasteiger charge is -2.08. The van der Waals surface area contributed by atoms with Gasteiger partial charge in [0.05, 0.1) is 12.0 Å². The molecule has 0 spiro atoms. The molecule has 1 heterocycles. The van der Waals surface area contributed by atoms with E-state index in [4.69, 9.17) is 5.26 Å². The van der Waals surface area contributed by atoms with Gasteiger partial charge in [-0.15, -0.1) is 0 Å². The first-order chi connectivity index (χ1) is 7.42. The van der Waals surface area contributed by atoms with E-state index in [1.54, 1.807) is 12.4 Å². The number of benzene rings is 1. The monoisotopic (exact) mass is 194 g/mol. The molecule has 0 radical (unpaired) electrons. The van der Waals surface area contributed by atoms with Crippen molar-refractivity contribution in [3.63, 3.8) is 0 Å². The standard InChI is InChI=1S/C13H10N2/c14-9-13(11-5-2-1-3-6-11)12-7-4-8-15-10-12/h1-8,10,13H/t13-/m0/s1. The van der Waals surface area contributed by atoms with Crippen molar-refractivity contribution in [3.8, 4) is 6.07 Å². The molecule has 2 rings (SSSR count). The first-order valence-electron chi connectivity index (χ1n) is 4.76. The Morgan fingerprint density at radius 3 is 2.33 bits per heavy atom. The Hall–Kier alpha value is -2.14. The molecule has 0 unspecified atom stereocenters. The van der Waals surface area contributed by atoms with Crippen molar-refractivity contribution in [3.05, 3.63) is 66.0 Å². The molecule has 0 amide bonds. The third kappa shape index (κ3) is 2.03. The maximum absolute atomic E-state index is 9.16. The molecule has 0 fully saturated rings. The van der Waals surface area contributed by atoms with E-state index in [-0.39, 0.29) is 5.92 Å². The minimum absolute atomic E-state index is 0.222. The molecule has 1 aromatic heterocycles. The molecular formula is C13H10N2. The first-order valence-corrected chi connectivity index (χ1v) is 4.76. The summed E-state index contributed by atoms with van der Waals surface area (Å²) in [6.45, 7) is 0. The average molecular weight is 194 g/mol. The van der Waals surface area contributed by atoms with Gasteiger partial charge in [0, 0.05) is 12.4 Å². The number of pyridine rings is 1. The lowest BCUT2D eigenvalue weighted by Crippen LogP contribution is -1.97. The van der Waals surface area contributed by atoms with Crippen molar-refractivity contribution in [1.29, 1.82) is 5.26 Å². The molecule has 15 heavy (non-hydrogen) atoms.